The van der Waals surface area contributed by atoms with Gasteiger partial charge in [0, 0.05) is 18.6 Å². The average Bonchev–Trinajstić information content (AvgIpc) is 2.85. The topological polar surface area (TPSA) is 39.7 Å². The maximum Gasteiger partial charge on any atom is 0.191 e. The van der Waals surface area contributed by atoms with E-state index in [1.54, 1.807) is 11.3 Å². The molecule has 4 nitrogen and oxygen atoms in total. The van der Waals surface area contributed by atoms with E-state index in [4.69, 9.17) is 0 Å². The number of hydrogen-bond donors (Lipinski definition) is 2. The van der Waals surface area contributed by atoms with E-state index < -0.39 is 0 Å². The zero-order valence-electron chi connectivity index (χ0n) is 12.7. The van der Waals surface area contributed by atoms with Crippen LogP contribution in [-0.2, 0) is 6.54 Å². The molecule has 5 heteroatoms. The summed E-state index contributed by atoms with van der Waals surface area (Å²) in [6.07, 6.45) is 0. The van der Waals surface area contributed by atoms with E-state index in [0.29, 0.717) is 0 Å². The van der Waals surface area contributed by atoms with Gasteiger partial charge in [0.25, 0.3) is 0 Å². The number of rotatable bonds is 6. The van der Waals surface area contributed by atoms with Crippen LogP contribution in [0.25, 0.3) is 0 Å². The monoisotopic (exact) mass is 282 g/mol. The second-order valence-electron chi connectivity index (χ2n) is 5.39. The molecule has 0 spiro atoms. The molecule has 0 amide bonds. The van der Waals surface area contributed by atoms with E-state index in [-0.39, 0.29) is 5.54 Å². The minimum Gasteiger partial charge on any atom is -0.357 e. The number of guanidine groups is 1. The van der Waals surface area contributed by atoms with Gasteiger partial charge >= 0.3 is 0 Å². The zero-order chi connectivity index (χ0) is 14.3. The minimum absolute atomic E-state index is 0.0958. The number of nitrogens with zero attached hydrogens (tertiary/aromatic N) is 2. The third-order valence-electron chi connectivity index (χ3n) is 3.24. The molecule has 0 aliphatic carbocycles. The minimum atomic E-state index is 0.0958. The van der Waals surface area contributed by atoms with Gasteiger partial charge in [-0.05, 0) is 57.3 Å². The Bertz CT molecular complexity index is 382. The number of thiophene rings is 1. The van der Waals surface area contributed by atoms with Crippen molar-refractivity contribution in [1.29, 1.82) is 0 Å². The highest BCUT2D eigenvalue weighted by molar-refractivity contribution is 7.07. The Morgan fingerprint density at radius 2 is 2.11 bits per heavy atom. The van der Waals surface area contributed by atoms with Crippen LogP contribution in [0.1, 0.15) is 26.3 Å². The van der Waals surface area contributed by atoms with Crippen LogP contribution in [0.15, 0.2) is 21.8 Å². The first-order chi connectivity index (χ1) is 8.95. The molecule has 108 valence electrons. The van der Waals surface area contributed by atoms with Gasteiger partial charge in [-0.3, -0.25) is 0 Å². The Hall–Kier alpha value is -1.07. The molecule has 1 heterocycles. The molecule has 0 saturated carbocycles. The Morgan fingerprint density at radius 3 is 2.63 bits per heavy atom. The summed E-state index contributed by atoms with van der Waals surface area (Å²) in [7, 11) is 4.19. The summed E-state index contributed by atoms with van der Waals surface area (Å²) < 4.78 is 0. The molecule has 0 aliphatic heterocycles. The lowest BCUT2D eigenvalue weighted by Gasteiger charge is -2.33. The van der Waals surface area contributed by atoms with Gasteiger partial charge in [0.1, 0.15) is 0 Å². The van der Waals surface area contributed by atoms with Crippen LogP contribution in [0.3, 0.4) is 0 Å². The molecule has 19 heavy (non-hydrogen) atoms. The predicted octanol–water partition coefficient (Wildman–Crippen LogP) is 2.14. The van der Waals surface area contributed by atoms with Crippen molar-refractivity contribution >= 4 is 17.3 Å². The molecule has 0 unspecified atom stereocenters. The molecule has 0 bridgehead atoms. The van der Waals surface area contributed by atoms with Gasteiger partial charge in [-0.15, -0.1) is 0 Å². The van der Waals surface area contributed by atoms with Crippen LogP contribution in [0.2, 0.25) is 0 Å². The molecule has 0 atom stereocenters. The van der Waals surface area contributed by atoms with Crippen LogP contribution in [0.4, 0.5) is 0 Å². The lowest BCUT2D eigenvalue weighted by atomic mass is 10.0. The molecule has 0 radical (unpaired) electrons. The summed E-state index contributed by atoms with van der Waals surface area (Å²) in [5, 5.41) is 10.9. The second kappa shape index (κ2) is 7.50. The van der Waals surface area contributed by atoms with Crippen LogP contribution in [0.5, 0.6) is 0 Å². The van der Waals surface area contributed by atoms with Crippen LogP contribution in [0, 0.1) is 0 Å². The third kappa shape index (κ3) is 5.61. The summed E-state index contributed by atoms with van der Waals surface area (Å²) in [6.45, 7) is 8.96. The van der Waals surface area contributed by atoms with E-state index in [1.807, 2.05) is 0 Å². The SMILES string of the molecule is CCNC(=NCc1ccsc1)NCC(C)(C)N(C)C. The van der Waals surface area contributed by atoms with Crippen molar-refractivity contribution in [3.8, 4) is 0 Å². The maximum atomic E-state index is 4.60. The van der Waals surface area contributed by atoms with Gasteiger partial charge < -0.3 is 15.5 Å². The smallest absolute Gasteiger partial charge is 0.191 e. The van der Waals surface area contributed by atoms with Crippen molar-refractivity contribution < 1.29 is 0 Å². The molecule has 1 aromatic heterocycles. The molecular formula is C14H26N4S. The summed E-state index contributed by atoms with van der Waals surface area (Å²) in [5.41, 5.74) is 1.35. The van der Waals surface area contributed by atoms with Gasteiger partial charge in [-0.2, -0.15) is 11.3 Å². The molecule has 0 saturated heterocycles. The van der Waals surface area contributed by atoms with E-state index in [9.17, 15) is 0 Å². The molecule has 1 rings (SSSR count). The highest BCUT2D eigenvalue weighted by Crippen LogP contribution is 2.08. The first-order valence-corrected chi connectivity index (χ1v) is 7.60. The fraction of sp³-hybridized carbons (Fsp3) is 0.643. The van der Waals surface area contributed by atoms with Gasteiger partial charge in [0.15, 0.2) is 5.96 Å². The van der Waals surface area contributed by atoms with Gasteiger partial charge in [-0.1, -0.05) is 0 Å². The molecule has 0 aromatic carbocycles. The van der Waals surface area contributed by atoms with Crippen molar-refractivity contribution in [1.82, 2.24) is 15.5 Å². The summed E-state index contributed by atoms with van der Waals surface area (Å²) in [5.74, 6) is 0.878. The molecule has 2 N–H and O–H groups in total. The maximum absolute atomic E-state index is 4.60. The van der Waals surface area contributed by atoms with E-state index >= 15 is 0 Å². The zero-order valence-corrected chi connectivity index (χ0v) is 13.5. The van der Waals surface area contributed by atoms with Crippen LogP contribution >= 0.6 is 11.3 Å². The van der Waals surface area contributed by atoms with Gasteiger partial charge in [-0.25, -0.2) is 4.99 Å². The lowest BCUT2D eigenvalue weighted by molar-refractivity contribution is 0.197. The highest BCUT2D eigenvalue weighted by Gasteiger charge is 2.20. The average molecular weight is 282 g/mol. The number of hydrogen-bond acceptors (Lipinski definition) is 3. The highest BCUT2D eigenvalue weighted by atomic mass is 32.1. The summed E-state index contributed by atoms with van der Waals surface area (Å²) in [6, 6.07) is 2.11. The third-order valence-corrected chi connectivity index (χ3v) is 3.98. The Morgan fingerprint density at radius 1 is 1.37 bits per heavy atom. The summed E-state index contributed by atoms with van der Waals surface area (Å²) >= 11 is 1.71. The molecule has 0 aliphatic rings. The van der Waals surface area contributed by atoms with E-state index in [0.717, 1.165) is 25.6 Å². The normalized spacial score (nSPS) is 12.8. The first-order valence-electron chi connectivity index (χ1n) is 6.66. The van der Waals surface area contributed by atoms with Crippen molar-refractivity contribution in [2.24, 2.45) is 4.99 Å². The standard InChI is InChI=1S/C14H26N4S/c1-6-15-13(16-9-12-7-8-19-10-12)17-11-14(2,3)18(4)5/h7-8,10H,6,9,11H2,1-5H3,(H2,15,16,17). The van der Waals surface area contributed by atoms with Crippen LogP contribution in [-0.4, -0.2) is 43.6 Å². The van der Waals surface area contributed by atoms with Crippen molar-refractivity contribution in [2.75, 3.05) is 27.2 Å². The van der Waals surface area contributed by atoms with E-state index in [1.165, 1.54) is 5.56 Å². The Balaban J connectivity index is 2.55. The van der Waals surface area contributed by atoms with Crippen molar-refractivity contribution in [3.63, 3.8) is 0 Å². The number of likely N-dealkylation sites (N-methyl/N-ethyl adjacent to an activating group) is 1. The van der Waals surface area contributed by atoms with E-state index in [2.05, 4.69) is 72.2 Å². The number of nitrogens with one attached hydrogen (secondary N) is 2. The Kier molecular flexibility index (Phi) is 6.31. The summed E-state index contributed by atoms with van der Waals surface area (Å²) in [4.78, 5) is 6.81. The molecular weight excluding hydrogens is 256 g/mol. The second-order valence-corrected chi connectivity index (χ2v) is 6.17. The lowest BCUT2D eigenvalue weighted by Crippen LogP contribution is -2.50. The number of aliphatic imine (C=N–C) groups is 1. The first kappa shape index (κ1) is 16.0. The Labute approximate surface area is 120 Å². The van der Waals surface area contributed by atoms with Crippen LogP contribution < -0.4 is 10.6 Å². The van der Waals surface area contributed by atoms with Gasteiger partial charge in [0.2, 0.25) is 0 Å². The molecule has 1 aromatic rings. The van der Waals surface area contributed by atoms with Crippen molar-refractivity contribution in [3.05, 3.63) is 22.4 Å². The van der Waals surface area contributed by atoms with Crippen molar-refractivity contribution in [2.45, 2.75) is 32.9 Å². The van der Waals surface area contributed by atoms with Gasteiger partial charge in [0.05, 0.1) is 6.54 Å². The fourth-order valence-electron chi connectivity index (χ4n) is 1.35. The fourth-order valence-corrected chi connectivity index (χ4v) is 2.01. The molecule has 0 fully saturated rings. The quantitative estimate of drug-likeness (QED) is 0.620. The predicted molar refractivity (Wildman–Crippen MR) is 84.9 cm³/mol. The largest absolute Gasteiger partial charge is 0.357 e.